The third-order valence-electron chi connectivity index (χ3n) is 2.68. The third-order valence-corrected chi connectivity index (χ3v) is 2.68. The minimum Gasteiger partial charge on any atom is -0.496 e. The fourth-order valence-electron chi connectivity index (χ4n) is 1.78. The first-order chi connectivity index (χ1) is 9.66. The zero-order chi connectivity index (χ0) is 16.2. The van der Waals surface area contributed by atoms with Gasteiger partial charge in [-0.3, -0.25) is 19.7 Å². The lowest BCUT2D eigenvalue weighted by molar-refractivity contribution is -0.384. The lowest BCUT2D eigenvalue weighted by atomic mass is 10.00. The highest BCUT2D eigenvalue weighted by atomic mass is 16.6. The Bertz CT molecular complexity index is 582. The molecule has 0 aliphatic rings. The van der Waals surface area contributed by atoms with Crippen LogP contribution in [0.25, 0.3) is 0 Å². The monoisotopic (exact) mass is 296 g/mol. The van der Waals surface area contributed by atoms with Gasteiger partial charge in [-0.25, -0.2) is 0 Å². The molecule has 114 valence electrons. The van der Waals surface area contributed by atoms with E-state index in [4.69, 9.17) is 9.84 Å². The molecule has 0 saturated carbocycles. The molecule has 0 atom stereocenters. The van der Waals surface area contributed by atoms with Crippen molar-refractivity contribution in [2.75, 3.05) is 7.11 Å². The van der Waals surface area contributed by atoms with Gasteiger partial charge in [-0.1, -0.05) is 0 Å². The maximum absolute atomic E-state index is 12.2. The molecule has 0 heterocycles. The van der Waals surface area contributed by atoms with Crippen LogP contribution >= 0.6 is 0 Å². The molecule has 2 N–H and O–H groups in total. The number of carbonyl (C=O) groups is 2. The Morgan fingerprint density at radius 3 is 2.52 bits per heavy atom. The van der Waals surface area contributed by atoms with E-state index in [-0.39, 0.29) is 23.4 Å². The number of benzene rings is 1. The van der Waals surface area contributed by atoms with Gasteiger partial charge in [0.15, 0.2) is 0 Å². The molecule has 0 saturated heterocycles. The molecule has 8 nitrogen and oxygen atoms in total. The Morgan fingerprint density at radius 1 is 1.43 bits per heavy atom. The van der Waals surface area contributed by atoms with E-state index in [0.29, 0.717) is 0 Å². The van der Waals surface area contributed by atoms with Crippen molar-refractivity contribution in [1.29, 1.82) is 0 Å². The number of nitrogens with one attached hydrogen (secondary N) is 1. The summed E-state index contributed by atoms with van der Waals surface area (Å²) in [4.78, 5) is 33.1. The normalized spacial score (nSPS) is 10.8. The molecule has 1 amide bonds. The molecular weight excluding hydrogens is 280 g/mol. The predicted molar refractivity (Wildman–Crippen MR) is 73.4 cm³/mol. The first-order valence-electron chi connectivity index (χ1n) is 6.03. The van der Waals surface area contributed by atoms with Crippen LogP contribution in [0.3, 0.4) is 0 Å². The highest BCUT2D eigenvalue weighted by Crippen LogP contribution is 2.24. The van der Waals surface area contributed by atoms with Crippen molar-refractivity contribution in [3.05, 3.63) is 33.9 Å². The molecule has 1 rings (SSSR count). The maximum Gasteiger partial charge on any atom is 0.305 e. The number of amides is 1. The fourth-order valence-corrected chi connectivity index (χ4v) is 1.78. The van der Waals surface area contributed by atoms with E-state index in [1.807, 2.05) is 0 Å². The van der Waals surface area contributed by atoms with Crippen LogP contribution in [-0.2, 0) is 4.79 Å². The average Bonchev–Trinajstić information content (AvgIpc) is 2.35. The van der Waals surface area contributed by atoms with Gasteiger partial charge >= 0.3 is 5.97 Å². The Balaban J connectivity index is 3.08. The van der Waals surface area contributed by atoms with Gasteiger partial charge in [0, 0.05) is 17.7 Å². The number of nitrogens with zero attached hydrogens (tertiary/aromatic N) is 1. The molecule has 1 aromatic rings. The van der Waals surface area contributed by atoms with Crippen LogP contribution in [-0.4, -0.2) is 34.6 Å². The van der Waals surface area contributed by atoms with Crippen molar-refractivity contribution >= 4 is 17.6 Å². The van der Waals surface area contributed by atoms with Crippen LogP contribution in [0.1, 0.15) is 30.6 Å². The summed E-state index contributed by atoms with van der Waals surface area (Å²) in [5.74, 6) is -1.53. The second-order valence-corrected chi connectivity index (χ2v) is 5.05. The lowest BCUT2D eigenvalue weighted by Crippen LogP contribution is -2.45. The number of aliphatic carboxylic acids is 1. The zero-order valence-electron chi connectivity index (χ0n) is 11.9. The van der Waals surface area contributed by atoms with Crippen LogP contribution < -0.4 is 10.1 Å². The number of hydrogen-bond acceptors (Lipinski definition) is 5. The summed E-state index contributed by atoms with van der Waals surface area (Å²) in [6.07, 6.45) is -0.282. The highest BCUT2D eigenvalue weighted by Gasteiger charge is 2.26. The fraction of sp³-hybridized carbons (Fsp3) is 0.385. The van der Waals surface area contributed by atoms with Crippen LogP contribution in [0.5, 0.6) is 5.75 Å². The molecule has 0 fully saturated rings. The van der Waals surface area contributed by atoms with Crippen molar-refractivity contribution < 1.29 is 24.4 Å². The van der Waals surface area contributed by atoms with Gasteiger partial charge in [0.2, 0.25) is 0 Å². The van der Waals surface area contributed by atoms with Crippen LogP contribution in [0.15, 0.2) is 18.2 Å². The van der Waals surface area contributed by atoms with Crippen LogP contribution in [0, 0.1) is 10.1 Å². The first kappa shape index (κ1) is 16.4. The molecule has 0 radical (unpaired) electrons. The minimum absolute atomic E-state index is 0.0230. The molecule has 1 aromatic carbocycles. The predicted octanol–water partition coefficient (Wildman–Crippen LogP) is 1.59. The third kappa shape index (κ3) is 4.44. The Kier molecular flexibility index (Phi) is 4.85. The smallest absolute Gasteiger partial charge is 0.305 e. The van der Waals surface area contributed by atoms with Crippen molar-refractivity contribution in [2.45, 2.75) is 25.8 Å². The average molecular weight is 296 g/mol. The molecule has 0 bridgehead atoms. The number of methoxy groups -OCH3 is 1. The van der Waals surface area contributed by atoms with Crippen molar-refractivity contribution in [2.24, 2.45) is 0 Å². The maximum atomic E-state index is 12.2. The molecule has 0 aliphatic heterocycles. The molecule has 8 heteroatoms. The lowest BCUT2D eigenvalue weighted by Gasteiger charge is -2.24. The summed E-state index contributed by atoms with van der Waals surface area (Å²) in [5.41, 5.74) is -1.28. The number of nitro groups is 1. The van der Waals surface area contributed by atoms with E-state index < -0.39 is 22.3 Å². The van der Waals surface area contributed by atoms with Crippen molar-refractivity contribution in [1.82, 2.24) is 5.32 Å². The molecular formula is C13H16N2O6. The van der Waals surface area contributed by atoms with E-state index in [1.54, 1.807) is 13.8 Å². The number of non-ortho nitro benzene ring substituents is 1. The van der Waals surface area contributed by atoms with E-state index in [9.17, 15) is 19.7 Å². The standard InChI is InChI=1S/C13H16N2O6/c1-13(2,7-11(16)17)14-12(18)9-6-8(15(19)20)4-5-10(9)21-3/h4-6H,7H2,1-3H3,(H,14,18)(H,16,17). The SMILES string of the molecule is COc1ccc([N+](=O)[O-])cc1C(=O)NC(C)(C)CC(=O)O. The van der Waals surface area contributed by atoms with Gasteiger partial charge in [-0.15, -0.1) is 0 Å². The van der Waals surface area contributed by atoms with Gasteiger partial charge in [-0.2, -0.15) is 0 Å². The van der Waals surface area contributed by atoms with Crippen LogP contribution in [0.2, 0.25) is 0 Å². The number of rotatable bonds is 6. The summed E-state index contributed by atoms with van der Waals surface area (Å²) >= 11 is 0. The number of carbonyl (C=O) groups excluding carboxylic acids is 1. The van der Waals surface area contributed by atoms with E-state index >= 15 is 0 Å². The minimum atomic E-state index is -1.06. The molecule has 0 spiro atoms. The number of ether oxygens (including phenoxy) is 1. The summed E-state index contributed by atoms with van der Waals surface area (Å²) in [6.45, 7) is 3.09. The number of nitro benzene ring substituents is 1. The van der Waals surface area contributed by atoms with E-state index in [0.717, 1.165) is 6.07 Å². The molecule has 0 unspecified atom stereocenters. The summed E-state index contributed by atoms with van der Waals surface area (Å²) in [7, 11) is 1.33. The van der Waals surface area contributed by atoms with Gasteiger partial charge in [0.1, 0.15) is 5.75 Å². The zero-order valence-corrected chi connectivity index (χ0v) is 11.9. The quantitative estimate of drug-likeness (QED) is 0.607. The topological polar surface area (TPSA) is 119 Å². The number of carboxylic acids is 1. The van der Waals surface area contributed by atoms with Gasteiger partial charge < -0.3 is 15.2 Å². The Morgan fingerprint density at radius 2 is 2.05 bits per heavy atom. The molecule has 0 aliphatic carbocycles. The Hall–Kier alpha value is -2.64. The second-order valence-electron chi connectivity index (χ2n) is 5.05. The number of carboxylic acid groups (broad SMARTS) is 1. The van der Waals surface area contributed by atoms with E-state index in [1.165, 1.54) is 19.2 Å². The largest absolute Gasteiger partial charge is 0.496 e. The van der Waals surface area contributed by atoms with E-state index in [2.05, 4.69) is 5.32 Å². The highest BCUT2D eigenvalue weighted by molar-refractivity contribution is 5.98. The molecule has 21 heavy (non-hydrogen) atoms. The van der Waals surface area contributed by atoms with Crippen LogP contribution in [0.4, 0.5) is 5.69 Å². The summed E-state index contributed by atoms with van der Waals surface area (Å²) in [5, 5.41) is 22.1. The summed E-state index contributed by atoms with van der Waals surface area (Å²) < 4.78 is 5.00. The number of hydrogen-bond donors (Lipinski definition) is 2. The van der Waals surface area contributed by atoms with Gasteiger partial charge in [-0.05, 0) is 19.9 Å². The second kappa shape index (κ2) is 6.21. The van der Waals surface area contributed by atoms with Crippen molar-refractivity contribution in [3.63, 3.8) is 0 Å². The Labute approximate surface area is 120 Å². The molecule has 0 aromatic heterocycles. The van der Waals surface area contributed by atoms with Gasteiger partial charge in [0.05, 0.1) is 24.0 Å². The van der Waals surface area contributed by atoms with Crippen molar-refractivity contribution in [3.8, 4) is 5.75 Å². The van der Waals surface area contributed by atoms with Gasteiger partial charge in [0.25, 0.3) is 11.6 Å². The first-order valence-corrected chi connectivity index (χ1v) is 6.03. The summed E-state index contributed by atoms with van der Waals surface area (Å²) in [6, 6.07) is 3.63.